The van der Waals surface area contributed by atoms with Crippen LogP contribution in [0.4, 0.5) is 4.39 Å². The molecule has 1 amide bonds. The maximum atomic E-state index is 13.8. The third kappa shape index (κ3) is 2.99. The number of hydrogen-bond acceptors (Lipinski definition) is 2. The van der Waals surface area contributed by atoms with Gasteiger partial charge in [0.2, 0.25) is 0 Å². The van der Waals surface area contributed by atoms with E-state index < -0.39 is 5.82 Å². The van der Waals surface area contributed by atoms with Crippen LogP contribution in [0.25, 0.3) is 10.9 Å². The standard InChI is InChI=1S/C24H20FN3O/c1-15-6-4-11-21(26-15)23-22-19(18-9-2-3-10-20(18)27-22)12-13-28(23)24(29)16-7-5-8-17(25)14-16/h2-11,14,23,27H,12-13H2,1H3/t23-/m0/s1. The van der Waals surface area contributed by atoms with E-state index in [2.05, 4.69) is 11.1 Å². The van der Waals surface area contributed by atoms with Gasteiger partial charge in [0.15, 0.2) is 0 Å². The highest BCUT2D eigenvalue weighted by Crippen LogP contribution is 2.38. The molecule has 1 aliphatic heterocycles. The Hall–Kier alpha value is -3.47. The monoisotopic (exact) mass is 385 g/mol. The highest BCUT2D eigenvalue weighted by molar-refractivity contribution is 5.95. The Morgan fingerprint density at radius 2 is 1.93 bits per heavy atom. The van der Waals surface area contributed by atoms with E-state index in [0.717, 1.165) is 29.0 Å². The van der Waals surface area contributed by atoms with Gasteiger partial charge in [0.25, 0.3) is 5.91 Å². The van der Waals surface area contributed by atoms with E-state index in [9.17, 15) is 9.18 Å². The van der Waals surface area contributed by atoms with Gasteiger partial charge in [-0.25, -0.2) is 4.39 Å². The number of aryl methyl sites for hydroxylation is 1. The molecule has 2 aromatic carbocycles. The van der Waals surface area contributed by atoms with E-state index in [0.29, 0.717) is 12.1 Å². The Bertz CT molecular complexity index is 1230. The first-order valence-corrected chi connectivity index (χ1v) is 9.71. The lowest BCUT2D eigenvalue weighted by Gasteiger charge is -2.35. The number of carbonyl (C=O) groups excluding carboxylic acids is 1. The molecule has 0 fully saturated rings. The summed E-state index contributed by atoms with van der Waals surface area (Å²) in [6.07, 6.45) is 0.739. The van der Waals surface area contributed by atoms with Crippen molar-refractivity contribution in [3.8, 4) is 0 Å². The SMILES string of the molecule is Cc1cccc([C@H]2c3[nH]c4ccccc4c3CCN2C(=O)c2cccc(F)c2)n1. The van der Waals surface area contributed by atoms with Gasteiger partial charge >= 0.3 is 0 Å². The van der Waals surface area contributed by atoms with Crippen LogP contribution < -0.4 is 0 Å². The second-order valence-corrected chi connectivity index (χ2v) is 7.43. The van der Waals surface area contributed by atoms with Crippen LogP contribution >= 0.6 is 0 Å². The summed E-state index contributed by atoms with van der Waals surface area (Å²) in [5.74, 6) is -0.605. The van der Waals surface area contributed by atoms with Gasteiger partial charge in [-0.2, -0.15) is 0 Å². The molecule has 2 aromatic heterocycles. The number of rotatable bonds is 2. The Labute approximate surface area is 168 Å². The number of amides is 1. The molecule has 0 bridgehead atoms. The first kappa shape index (κ1) is 17.6. The highest BCUT2D eigenvalue weighted by atomic mass is 19.1. The van der Waals surface area contributed by atoms with Crippen molar-refractivity contribution in [3.63, 3.8) is 0 Å². The number of H-pyrrole nitrogens is 1. The number of aromatic nitrogens is 2. The number of para-hydroxylation sites is 1. The van der Waals surface area contributed by atoms with E-state index in [4.69, 9.17) is 4.98 Å². The van der Waals surface area contributed by atoms with Crippen LogP contribution in [0.1, 0.15) is 39.0 Å². The van der Waals surface area contributed by atoms with Crippen LogP contribution in [-0.4, -0.2) is 27.3 Å². The van der Waals surface area contributed by atoms with Crippen molar-refractivity contribution in [3.05, 3.63) is 101 Å². The Balaban J connectivity index is 1.68. The number of benzene rings is 2. The largest absolute Gasteiger partial charge is 0.356 e. The molecule has 0 saturated carbocycles. The zero-order valence-electron chi connectivity index (χ0n) is 16.0. The molecule has 0 radical (unpaired) electrons. The van der Waals surface area contributed by atoms with Gasteiger partial charge < -0.3 is 9.88 Å². The highest BCUT2D eigenvalue weighted by Gasteiger charge is 2.35. The lowest BCUT2D eigenvalue weighted by molar-refractivity contribution is 0.0688. The molecule has 0 unspecified atom stereocenters. The van der Waals surface area contributed by atoms with Crippen LogP contribution in [0.3, 0.4) is 0 Å². The number of nitrogens with one attached hydrogen (secondary N) is 1. The number of halogens is 1. The van der Waals surface area contributed by atoms with Gasteiger partial charge in [-0.15, -0.1) is 0 Å². The Morgan fingerprint density at radius 3 is 2.76 bits per heavy atom. The summed E-state index contributed by atoms with van der Waals surface area (Å²) in [4.78, 5) is 23.4. The number of nitrogens with zero attached hydrogens (tertiary/aromatic N) is 2. The number of hydrogen-bond donors (Lipinski definition) is 1. The molecule has 5 rings (SSSR count). The number of aromatic amines is 1. The van der Waals surface area contributed by atoms with E-state index in [1.807, 2.05) is 43.3 Å². The Kier molecular flexibility index (Phi) is 4.16. The van der Waals surface area contributed by atoms with E-state index in [1.54, 1.807) is 17.0 Å². The lowest BCUT2D eigenvalue weighted by atomic mass is 9.94. The molecule has 1 atom stereocenters. The van der Waals surface area contributed by atoms with Crippen LogP contribution in [0.5, 0.6) is 0 Å². The average Bonchev–Trinajstić information content (AvgIpc) is 3.11. The van der Waals surface area contributed by atoms with Crippen molar-refractivity contribution in [1.29, 1.82) is 0 Å². The molecule has 29 heavy (non-hydrogen) atoms. The van der Waals surface area contributed by atoms with Crippen molar-refractivity contribution in [2.75, 3.05) is 6.54 Å². The molecule has 3 heterocycles. The zero-order valence-corrected chi connectivity index (χ0v) is 16.0. The Morgan fingerprint density at radius 1 is 1.10 bits per heavy atom. The van der Waals surface area contributed by atoms with Crippen molar-refractivity contribution < 1.29 is 9.18 Å². The molecule has 0 saturated heterocycles. The second-order valence-electron chi connectivity index (χ2n) is 7.43. The molecule has 4 aromatic rings. The normalized spacial score (nSPS) is 16.1. The smallest absolute Gasteiger partial charge is 0.254 e. The summed E-state index contributed by atoms with van der Waals surface area (Å²) < 4.78 is 13.8. The maximum absolute atomic E-state index is 13.8. The summed E-state index contributed by atoms with van der Waals surface area (Å²) in [6.45, 7) is 2.49. The molecule has 144 valence electrons. The van der Waals surface area contributed by atoms with Crippen molar-refractivity contribution in [1.82, 2.24) is 14.9 Å². The lowest BCUT2D eigenvalue weighted by Crippen LogP contribution is -2.41. The topological polar surface area (TPSA) is 49.0 Å². The van der Waals surface area contributed by atoms with Gasteiger partial charge in [0, 0.05) is 34.4 Å². The van der Waals surface area contributed by atoms with Crippen LogP contribution in [0.15, 0.2) is 66.7 Å². The van der Waals surface area contributed by atoms with Crippen LogP contribution in [0.2, 0.25) is 0 Å². The van der Waals surface area contributed by atoms with Crippen molar-refractivity contribution in [2.45, 2.75) is 19.4 Å². The van der Waals surface area contributed by atoms with Crippen molar-refractivity contribution >= 4 is 16.8 Å². The number of carbonyl (C=O) groups is 1. The molecule has 0 aliphatic carbocycles. The quantitative estimate of drug-likeness (QED) is 0.539. The number of pyridine rings is 1. The van der Waals surface area contributed by atoms with Gasteiger partial charge in [0.1, 0.15) is 11.9 Å². The molecule has 0 spiro atoms. The summed E-state index contributed by atoms with van der Waals surface area (Å²) in [6, 6.07) is 19.6. The first-order valence-electron chi connectivity index (χ1n) is 9.71. The van der Waals surface area contributed by atoms with Crippen LogP contribution in [0, 0.1) is 12.7 Å². The predicted molar refractivity (Wildman–Crippen MR) is 110 cm³/mol. The molecule has 1 aliphatic rings. The fourth-order valence-corrected chi connectivity index (χ4v) is 4.27. The van der Waals surface area contributed by atoms with Gasteiger partial charge in [-0.3, -0.25) is 9.78 Å². The van der Waals surface area contributed by atoms with Gasteiger partial charge in [-0.05, 0) is 55.3 Å². The molecular formula is C24H20FN3O. The zero-order chi connectivity index (χ0) is 20.0. The number of fused-ring (bicyclic) bond motifs is 3. The van der Waals surface area contributed by atoms with E-state index in [1.165, 1.54) is 23.1 Å². The minimum absolute atomic E-state index is 0.192. The minimum atomic E-state index is -0.413. The third-order valence-electron chi connectivity index (χ3n) is 5.56. The van der Waals surface area contributed by atoms with Crippen molar-refractivity contribution in [2.24, 2.45) is 0 Å². The van der Waals surface area contributed by atoms with Gasteiger partial charge in [0.05, 0.1) is 5.69 Å². The average molecular weight is 385 g/mol. The van der Waals surface area contributed by atoms with Gasteiger partial charge in [-0.1, -0.05) is 30.3 Å². The fourth-order valence-electron chi connectivity index (χ4n) is 4.27. The maximum Gasteiger partial charge on any atom is 0.254 e. The summed E-state index contributed by atoms with van der Waals surface area (Å²) >= 11 is 0. The first-order chi connectivity index (χ1) is 14.1. The summed E-state index contributed by atoms with van der Waals surface area (Å²) in [5, 5.41) is 1.18. The van der Waals surface area contributed by atoms with Crippen LogP contribution in [-0.2, 0) is 6.42 Å². The molecule has 5 heteroatoms. The second kappa shape index (κ2) is 6.85. The summed E-state index contributed by atoms with van der Waals surface area (Å²) in [7, 11) is 0. The predicted octanol–water partition coefficient (Wildman–Crippen LogP) is 4.80. The third-order valence-corrected chi connectivity index (χ3v) is 5.56. The minimum Gasteiger partial charge on any atom is -0.356 e. The fraction of sp³-hybridized carbons (Fsp3) is 0.167. The van der Waals surface area contributed by atoms with E-state index >= 15 is 0 Å². The summed E-state index contributed by atoms with van der Waals surface area (Å²) in [5.41, 5.74) is 5.31. The molecular weight excluding hydrogens is 365 g/mol. The van der Waals surface area contributed by atoms with E-state index in [-0.39, 0.29) is 11.9 Å². The molecule has 1 N–H and O–H groups in total. The molecule has 4 nitrogen and oxygen atoms in total.